The van der Waals surface area contributed by atoms with Gasteiger partial charge in [0.05, 0.1) is 10.7 Å². The molecule has 5 nitrogen and oxygen atoms in total. The lowest BCUT2D eigenvalue weighted by atomic mass is 10.1. The molecule has 1 unspecified atom stereocenters. The summed E-state index contributed by atoms with van der Waals surface area (Å²) in [6.45, 7) is 1.13. The number of aliphatic carboxylic acids is 1. The van der Waals surface area contributed by atoms with E-state index in [0.29, 0.717) is 5.02 Å². The zero-order valence-corrected chi connectivity index (χ0v) is 9.19. The number of ether oxygens (including phenoxy) is 1. The highest BCUT2D eigenvalue weighted by Gasteiger charge is 2.23. The van der Waals surface area contributed by atoms with Crippen LogP contribution in [0.3, 0.4) is 0 Å². The van der Waals surface area contributed by atoms with Crippen LogP contribution in [0.1, 0.15) is 18.6 Å². The highest BCUT2D eigenvalue weighted by Crippen LogP contribution is 2.25. The van der Waals surface area contributed by atoms with Crippen LogP contribution in [0.2, 0.25) is 5.02 Å². The van der Waals surface area contributed by atoms with Gasteiger partial charge in [-0.25, -0.2) is 4.79 Å². The Hall–Kier alpha value is -1.75. The first kappa shape index (κ1) is 12.3. The molecule has 0 saturated carbocycles. The number of anilines is 1. The number of rotatable bonds is 3. The Bertz CT molecular complexity index is 433. The number of carboxylic acids is 1. The maximum absolute atomic E-state index is 10.9. The first-order valence-electron chi connectivity index (χ1n) is 4.36. The number of esters is 1. The summed E-state index contributed by atoms with van der Waals surface area (Å²) >= 11 is 5.69. The minimum Gasteiger partial charge on any atom is -0.478 e. The highest BCUT2D eigenvalue weighted by molar-refractivity contribution is 6.33. The van der Waals surface area contributed by atoms with Gasteiger partial charge in [0, 0.05) is 12.5 Å². The zero-order chi connectivity index (χ0) is 12.3. The van der Waals surface area contributed by atoms with Crippen molar-refractivity contribution < 1.29 is 19.4 Å². The predicted molar refractivity (Wildman–Crippen MR) is 58.0 cm³/mol. The molecule has 0 aliphatic carbocycles. The summed E-state index contributed by atoms with van der Waals surface area (Å²) in [6, 6.07) is 4.26. The summed E-state index contributed by atoms with van der Waals surface area (Å²) in [4.78, 5) is 21.6. The molecule has 0 amide bonds. The van der Waals surface area contributed by atoms with E-state index in [-0.39, 0.29) is 11.3 Å². The van der Waals surface area contributed by atoms with Crippen molar-refractivity contribution in [2.75, 3.05) is 5.73 Å². The second kappa shape index (κ2) is 4.85. The lowest BCUT2D eigenvalue weighted by molar-refractivity contribution is -0.163. The van der Waals surface area contributed by atoms with E-state index in [2.05, 4.69) is 4.74 Å². The molecular formula is C10H10ClNO4. The van der Waals surface area contributed by atoms with Crippen molar-refractivity contribution in [2.24, 2.45) is 0 Å². The van der Waals surface area contributed by atoms with E-state index in [1.165, 1.54) is 18.2 Å². The molecule has 0 aliphatic rings. The Labute approximate surface area is 96.8 Å². The summed E-state index contributed by atoms with van der Waals surface area (Å²) in [7, 11) is 0. The number of halogens is 1. The van der Waals surface area contributed by atoms with Gasteiger partial charge in [0.2, 0.25) is 6.10 Å². The van der Waals surface area contributed by atoms with Crippen molar-refractivity contribution in [3.8, 4) is 0 Å². The first-order valence-corrected chi connectivity index (χ1v) is 4.74. The van der Waals surface area contributed by atoms with Gasteiger partial charge in [0.15, 0.2) is 0 Å². The number of carbonyl (C=O) groups is 2. The summed E-state index contributed by atoms with van der Waals surface area (Å²) in [5.74, 6) is -1.95. The molecule has 6 heteroatoms. The van der Waals surface area contributed by atoms with E-state index in [4.69, 9.17) is 22.4 Å². The van der Waals surface area contributed by atoms with Gasteiger partial charge in [-0.1, -0.05) is 17.7 Å². The van der Waals surface area contributed by atoms with Crippen LogP contribution in [0, 0.1) is 0 Å². The van der Waals surface area contributed by atoms with E-state index < -0.39 is 18.0 Å². The van der Waals surface area contributed by atoms with E-state index in [1.54, 1.807) is 0 Å². The smallest absolute Gasteiger partial charge is 0.349 e. The van der Waals surface area contributed by atoms with E-state index in [9.17, 15) is 9.59 Å². The SMILES string of the molecule is CC(=O)OC(C(=O)O)c1ccc(Cl)c(N)c1. The monoisotopic (exact) mass is 243 g/mol. The van der Waals surface area contributed by atoms with Gasteiger partial charge in [-0.15, -0.1) is 0 Å². The number of hydrogen-bond acceptors (Lipinski definition) is 4. The second-order valence-electron chi connectivity index (χ2n) is 3.11. The minimum atomic E-state index is -1.36. The zero-order valence-electron chi connectivity index (χ0n) is 8.44. The fraction of sp³-hybridized carbons (Fsp3) is 0.200. The molecule has 3 N–H and O–H groups in total. The quantitative estimate of drug-likeness (QED) is 0.622. The third-order valence-corrected chi connectivity index (χ3v) is 2.18. The molecule has 0 fully saturated rings. The molecule has 0 bridgehead atoms. The maximum atomic E-state index is 10.9. The van der Waals surface area contributed by atoms with Crippen LogP contribution in [-0.2, 0) is 14.3 Å². The van der Waals surface area contributed by atoms with Crippen molar-refractivity contribution in [1.29, 1.82) is 0 Å². The molecule has 1 atom stereocenters. The van der Waals surface area contributed by atoms with Crippen LogP contribution in [0.5, 0.6) is 0 Å². The van der Waals surface area contributed by atoms with E-state index in [0.717, 1.165) is 6.92 Å². The number of nitrogen functional groups attached to an aromatic ring is 1. The molecular weight excluding hydrogens is 234 g/mol. The third kappa shape index (κ3) is 2.87. The topological polar surface area (TPSA) is 89.6 Å². The molecule has 1 aromatic carbocycles. The lowest BCUT2D eigenvalue weighted by Gasteiger charge is -2.13. The number of benzene rings is 1. The van der Waals surface area contributed by atoms with Crippen molar-refractivity contribution in [3.05, 3.63) is 28.8 Å². The molecule has 0 heterocycles. The normalized spacial score (nSPS) is 11.9. The summed E-state index contributed by atoms with van der Waals surface area (Å²) in [6.07, 6.45) is -1.36. The predicted octanol–water partition coefficient (Wildman–Crippen LogP) is 1.61. The van der Waals surface area contributed by atoms with Crippen LogP contribution >= 0.6 is 11.6 Å². The number of hydrogen-bond donors (Lipinski definition) is 2. The highest BCUT2D eigenvalue weighted by atomic mass is 35.5. The Kier molecular flexibility index (Phi) is 3.73. The minimum absolute atomic E-state index is 0.234. The van der Waals surface area contributed by atoms with Gasteiger partial charge in [-0.05, 0) is 12.1 Å². The summed E-state index contributed by atoms with van der Waals surface area (Å²) < 4.78 is 4.66. The molecule has 0 aliphatic heterocycles. The standard InChI is InChI=1S/C10H10ClNO4/c1-5(13)16-9(10(14)15)6-2-3-7(11)8(12)4-6/h2-4,9H,12H2,1H3,(H,14,15). The average molecular weight is 244 g/mol. The summed E-state index contributed by atoms with van der Waals surface area (Å²) in [5.41, 5.74) is 6.03. The number of carboxylic acid groups (broad SMARTS) is 1. The molecule has 16 heavy (non-hydrogen) atoms. The second-order valence-corrected chi connectivity index (χ2v) is 3.52. The van der Waals surface area contributed by atoms with Crippen molar-refractivity contribution in [1.82, 2.24) is 0 Å². The molecule has 0 aromatic heterocycles. The lowest BCUT2D eigenvalue weighted by Crippen LogP contribution is -2.18. The molecule has 0 spiro atoms. The van der Waals surface area contributed by atoms with Gasteiger partial charge in [-0.2, -0.15) is 0 Å². The Morgan fingerprint density at radius 3 is 2.56 bits per heavy atom. The van der Waals surface area contributed by atoms with Gasteiger partial charge in [0.1, 0.15) is 0 Å². The maximum Gasteiger partial charge on any atom is 0.349 e. The van der Waals surface area contributed by atoms with Crippen molar-refractivity contribution in [2.45, 2.75) is 13.0 Å². The molecule has 86 valence electrons. The molecule has 0 saturated heterocycles. The van der Waals surface area contributed by atoms with Gasteiger partial charge < -0.3 is 15.6 Å². The van der Waals surface area contributed by atoms with E-state index >= 15 is 0 Å². The van der Waals surface area contributed by atoms with Crippen LogP contribution in [0.4, 0.5) is 5.69 Å². The fourth-order valence-electron chi connectivity index (χ4n) is 1.15. The molecule has 1 rings (SSSR count). The molecule has 0 radical (unpaired) electrons. The van der Waals surface area contributed by atoms with Gasteiger partial charge in [-0.3, -0.25) is 4.79 Å². The van der Waals surface area contributed by atoms with Crippen LogP contribution in [-0.4, -0.2) is 17.0 Å². The first-order chi connectivity index (χ1) is 7.41. The van der Waals surface area contributed by atoms with Crippen LogP contribution in [0.15, 0.2) is 18.2 Å². The number of nitrogens with two attached hydrogens (primary N) is 1. The Morgan fingerprint density at radius 1 is 1.50 bits per heavy atom. The van der Waals surface area contributed by atoms with Crippen LogP contribution < -0.4 is 5.73 Å². The Morgan fingerprint density at radius 2 is 2.12 bits per heavy atom. The largest absolute Gasteiger partial charge is 0.478 e. The number of carbonyl (C=O) groups excluding carboxylic acids is 1. The molecule has 1 aromatic rings. The van der Waals surface area contributed by atoms with Gasteiger partial charge >= 0.3 is 11.9 Å². The van der Waals surface area contributed by atoms with Crippen molar-refractivity contribution in [3.63, 3.8) is 0 Å². The third-order valence-electron chi connectivity index (χ3n) is 1.83. The van der Waals surface area contributed by atoms with Crippen LogP contribution in [0.25, 0.3) is 0 Å². The van der Waals surface area contributed by atoms with Crippen molar-refractivity contribution >= 4 is 29.2 Å². The average Bonchev–Trinajstić information content (AvgIpc) is 2.18. The fourth-order valence-corrected chi connectivity index (χ4v) is 1.27. The van der Waals surface area contributed by atoms with E-state index in [1.807, 2.05) is 0 Å². The Balaban J connectivity index is 3.06. The van der Waals surface area contributed by atoms with Gasteiger partial charge in [0.25, 0.3) is 0 Å². The summed E-state index contributed by atoms with van der Waals surface area (Å²) in [5, 5.41) is 9.20.